The van der Waals surface area contributed by atoms with Gasteiger partial charge in [0.05, 0.1) is 0 Å². The molecule has 2 atom stereocenters. The minimum atomic E-state index is 0.255. The van der Waals surface area contributed by atoms with Gasteiger partial charge in [0.1, 0.15) is 5.78 Å². The van der Waals surface area contributed by atoms with Crippen LogP contribution in [-0.4, -0.2) is 5.78 Å². The highest BCUT2D eigenvalue weighted by atomic mass is 16.1. The van der Waals surface area contributed by atoms with Crippen LogP contribution in [0.5, 0.6) is 0 Å². The summed E-state index contributed by atoms with van der Waals surface area (Å²) in [5, 5.41) is 0. The molecule has 0 aromatic rings. The molecule has 156 valence electrons. The molecule has 0 aromatic carbocycles. The summed E-state index contributed by atoms with van der Waals surface area (Å²) in [6.45, 7) is 27.1. The highest BCUT2D eigenvalue weighted by Crippen LogP contribution is 2.72. The zero-order valence-corrected chi connectivity index (χ0v) is 20.4. The van der Waals surface area contributed by atoms with Gasteiger partial charge in [0.2, 0.25) is 0 Å². The van der Waals surface area contributed by atoms with Gasteiger partial charge in [-0.3, -0.25) is 4.79 Å². The normalized spacial score (nSPS) is 19.9. The van der Waals surface area contributed by atoms with Gasteiger partial charge < -0.3 is 0 Å². The Bertz CT molecular complexity index is 263. The minimum Gasteiger partial charge on any atom is -0.300 e. The van der Waals surface area contributed by atoms with Crippen molar-refractivity contribution in [1.29, 1.82) is 0 Å². The molecule has 0 aliphatic heterocycles. The Balaban J connectivity index is -0.000000186. The summed E-state index contributed by atoms with van der Waals surface area (Å²) in [7, 11) is 0. The summed E-state index contributed by atoms with van der Waals surface area (Å²) >= 11 is 0. The summed E-state index contributed by atoms with van der Waals surface area (Å²) in [5.74, 6) is 0.612. The average molecular weight is 359 g/mol. The summed E-state index contributed by atoms with van der Waals surface area (Å²) in [6.07, 6.45) is 8.90. The van der Waals surface area contributed by atoms with Crippen LogP contribution >= 0.6 is 0 Å². The molecule has 0 saturated heterocycles. The molecule has 25 heavy (non-hydrogen) atoms. The zero-order chi connectivity index (χ0) is 21.1. The van der Waals surface area contributed by atoms with Crippen molar-refractivity contribution >= 4 is 5.78 Å². The van der Waals surface area contributed by atoms with Gasteiger partial charge in [0.15, 0.2) is 0 Å². The van der Waals surface area contributed by atoms with Crippen LogP contribution in [0.15, 0.2) is 0 Å². The predicted molar refractivity (Wildman–Crippen MR) is 119 cm³/mol. The van der Waals surface area contributed by atoms with Gasteiger partial charge in [0, 0.05) is 5.92 Å². The van der Waals surface area contributed by atoms with Gasteiger partial charge in [-0.1, -0.05) is 95.9 Å². The molecule has 0 radical (unpaired) electrons. The molecule has 0 N–H and O–H groups in total. The third-order valence-electron chi connectivity index (χ3n) is 5.60. The van der Waals surface area contributed by atoms with E-state index >= 15 is 0 Å². The Labute approximate surface area is 162 Å². The lowest BCUT2D eigenvalue weighted by Gasteiger charge is -2.25. The molecule has 0 heterocycles. The van der Waals surface area contributed by atoms with Crippen molar-refractivity contribution in [3.63, 3.8) is 0 Å². The van der Waals surface area contributed by atoms with Crippen molar-refractivity contribution in [3.8, 4) is 0 Å². The van der Waals surface area contributed by atoms with Crippen LogP contribution in [0.2, 0.25) is 0 Å². The molecule has 0 amide bonds. The minimum absolute atomic E-state index is 0.255. The van der Waals surface area contributed by atoms with Crippen molar-refractivity contribution in [2.75, 3.05) is 0 Å². The first kappa shape index (κ1) is 32.4. The molecule has 1 nitrogen and oxygen atoms in total. The molecule has 1 aliphatic carbocycles. The highest BCUT2D eigenvalue weighted by molar-refractivity contribution is 5.78. The van der Waals surface area contributed by atoms with Gasteiger partial charge >= 0.3 is 0 Å². The summed E-state index contributed by atoms with van der Waals surface area (Å²) in [5.41, 5.74) is 1.05. The maximum absolute atomic E-state index is 11.4. The van der Waals surface area contributed by atoms with Crippen LogP contribution in [-0.2, 0) is 4.79 Å². The van der Waals surface area contributed by atoms with Crippen molar-refractivity contribution in [1.82, 2.24) is 0 Å². The first-order chi connectivity index (χ1) is 11.9. The Morgan fingerprint density at radius 2 is 1.08 bits per heavy atom. The van der Waals surface area contributed by atoms with Crippen LogP contribution < -0.4 is 0 Å². The molecule has 0 spiro atoms. The van der Waals surface area contributed by atoms with E-state index in [9.17, 15) is 4.79 Å². The number of hydrogen-bond acceptors (Lipinski definition) is 1. The van der Waals surface area contributed by atoms with Crippen LogP contribution in [0.3, 0.4) is 0 Å². The van der Waals surface area contributed by atoms with Gasteiger partial charge in [-0.05, 0) is 49.9 Å². The number of rotatable bonds is 7. The molecule has 0 bridgehead atoms. The number of Topliss-reactive ketones (excluding diaryl/α,β-unsaturated/α-hetero) is 1. The molecule has 1 heteroatoms. The summed E-state index contributed by atoms with van der Waals surface area (Å²) in [6, 6.07) is 0. The second-order valence-corrected chi connectivity index (χ2v) is 6.51. The van der Waals surface area contributed by atoms with Crippen molar-refractivity contribution in [3.05, 3.63) is 0 Å². The fourth-order valence-corrected chi connectivity index (χ4v) is 3.52. The van der Waals surface area contributed by atoms with E-state index in [1.807, 2.05) is 41.5 Å². The fourth-order valence-electron chi connectivity index (χ4n) is 3.52. The Kier molecular flexibility index (Phi) is 25.9. The molecule has 1 saturated carbocycles. The number of ketones is 1. The SMILES string of the molecule is CC.CC.CC.CCC1(CC)C[C@@]1(CC)CC(C)C(C)=O.CCCC. The number of hydrogen-bond donors (Lipinski definition) is 0. The lowest BCUT2D eigenvalue weighted by molar-refractivity contribution is -0.121. The summed E-state index contributed by atoms with van der Waals surface area (Å²) in [4.78, 5) is 11.4. The molecule has 1 aliphatic rings. The first-order valence-corrected chi connectivity index (χ1v) is 11.4. The van der Waals surface area contributed by atoms with Gasteiger partial charge in [0.25, 0.3) is 0 Å². The van der Waals surface area contributed by atoms with E-state index in [0.29, 0.717) is 16.6 Å². The Hall–Kier alpha value is -0.330. The standard InChI is InChI=1S/C14H26O.C4H10.3C2H6/c1-6-13(7-2)10-14(13,8-3)9-11(4)12(5)15;1-3-4-2;3*1-2/h11H,6-10H2,1-5H3;3-4H2,1-2H3;3*1-2H3/t11?,14-;;;;/m1..../s1. The third kappa shape index (κ3) is 11.1. The lowest BCUT2D eigenvalue weighted by atomic mass is 9.79. The van der Waals surface area contributed by atoms with E-state index in [4.69, 9.17) is 0 Å². The first-order valence-electron chi connectivity index (χ1n) is 11.4. The molecule has 1 unspecified atom stereocenters. The quantitative estimate of drug-likeness (QED) is 0.443. The van der Waals surface area contributed by atoms with E-state index in [2.05, 4.69) is 41.5 Å². The van der Waals surface area contributed by atoms with Gasteiger partial charge in [-0.25, -0.2) is 0 Å². The second-order valence-electron chi connectivity index (χ2n) is 6.51. The average Bonchev–Trinajstić information content (AvgIpc) is 3.34. The number of carbonyl (C=O) groups excluding carboxylic acids is 1. The fraction of sp³-hybridized carbons (Fsp3) is 0.958. The Morgan fingerprint density at radius 3 is 1.24 bits per heavy atom. The number of carbonyl (C=O) groups is 1. The van der Waals surface area contributed by atoms with E-state index in [0.717, 1.165) is 6.42 Å². The van der Waals surface area contributed by atoms with Crippen molar-refractivity contribution < 1.29 is 4.79 Å². The van der Waals surface area contributed by atoms with Crippen LogP contribution in [0.1, 0.15) is 135 Å². The van der Waals surface area contributed by atoms with Gasteiger partial charge in [-0.15, -0.1) is 0 Å². The predicted octanol–water partition coefficient (Wildman–Crippen LogP) is 9.09. The lowest BCUT2D eigenvalue weighted by Crippen LogP contribution is -2.19. The maximum Gasteiger partial charge on any atom is 0.132 e. The van der Waals surface area contributed by atoms with E-state index in [1.165, 1.54) is 38.5 Å². The van der Waals surface area contributed by atoms with Crippen molar-refractivity contribution in [2.45, 2.75) is 135 Å². The molecule has 1 rings (SSSR count). The largest absolute Gasteiger partial charge is 0.300 e. The van der Waals surface area contributed by atoms with Crippen LogP contribution in [0, 0.1) is 16.7 Å². The van der Waals surface area contributed by atoms with Crippen LogP contribution in [0.25, 0.3) is 0 Å². The molecular weight excluding hydrogens is 304 g/mol. The molecule has 1 fully saturated rings. The third-order valence-corrected chi connectivity index (χ3v) is 5.60. The highest BCUT2D eigenvalue weighted by Gasteiger charge is 2.63. The van der Waals surface area contributed by atoms with Crippen molar-refractivity contribution in [2.24, 2.45) is 16.7 Å². The number of unbranched alkanes of at least 4 members (excludes halogenated alkanes) is 1. The van der Waals surface area contributed by atoms with Crippen LogP contribution in [0.4, 0.5) is 0 Å². The molecular formula is C24H54O. The monoisotopic (exact) mass is 358 g/mol. The smallest absolute Gasteiger partial charge is 0.132 e. The topological polar surface area (TPSA) is 17.1 Å². The zero-order valence-electron chi connectivity index (χ0n) is 20.4. The van der Waals surface area contributed by atoms with E-state index < -0.39 is 0 Å². The second kappa shape index (κ2) is 20.0. The maximum atomic E-state index is 11.4. The Morgan fingerprint density at radius 1 is 0.760 bits per heavy atom. The molecule has 0 aromatic heterocycles. The van der Waals surface area contributed by atoms with E-state index in [-0.39, 0.29) is 5.92 Å². The van der Waals surface area contributed by atoms with E-state index in [1.54, 1.807) is 6.92 Å². The van der Waals surface area contributed by atoms with Gasteiger partial charge in [-0.2, -0.15) is 0 Å². The summed E-state index contributed by atoms with van der Waals surface area (Å²) < 4.78 is 0.